The number of nitrogens with one attached hydrogen (secondary N) is 1. The fraction of sp³-hybridized carbons (Fsp3) is 0.500. The van der Waals surface area contributed by atoms with Crippen molar-refractivity contribution in [2.75, 3.05) is 20.2 Å². The fourth-order valence-electron chi connectivity index (χ4n) is 1.49. The summed E-state index contributed by atoms with van der Waals surface area (Å²) in [5.41, 5.74) is 7.08. The van der Waals surface area contributed by atoms with Crippen LogP contribution < -0.4 is 15.8 Å². The molecule has 0 bridgehead atoms. The molecule has 0 aromatic heterocycles. The molecule has 1 atom stereocenters. The Balaban J connectivity index is 2.71. The highest BCUT2D eigenvalue weighted by molar-refractivity contribution is 6.32. The Bertz CT molecular complexity index is 331. The lowest BCUT2D eigenvalue weighted by atomic mass is 10.0. The van der Waals surface area contributed by atoms with Gasteiger partial charge in [0.05, 0.1) is 11.6 Å². The zero-order valence-electron chi connectivity index (χ0n) is 9.79. The van der Waals surface area contributed by atoms with Gasteiger partial charge in [0, 0.05) is 6.04 Å². The van der Waals surface area contributed by atoms with Gasteiger partial charge in [-0.05, 0) is 44.6 Å². The van der Waals surface area contributed by atoms with Gasteiger partial charge in [0.15, 0.2) is 0 Å². The Morgan fingerprint density at radius 2 is 2.25 bits per heavy atom. The molecule has 3 N–H and O–H groups in total. The second-order valence-electron chi connectivity index (χ2n) is 3.62. The molecule has 1 aromatic rings. The second-order valence-corrected chi connectivity index (χ2v) is 4.03. The van der Waals surface area contributed by atoms with Gasteiger partial charge in [0.2, 0.25) is 0 Å². The normalized spacial score (nSPS) is 12.5. The number of rotatable bonds is 6. The highest BCUT2D eigenvalue weighted by Gasteiger charge is 2.08. The van der Waals surface area contributed by atoms with Crippen molar-refractivity contribution in [1.82, 2.24) is 5.32 Å². The lowest BCUT2D eigenvalue weighted by molar-refractivity contribution is 0.340. The van der Waals surface area contributed by atoms with Gasteiger partial charge < -0.3 is 15.8 Å². The molecule has 0 radical (unpaired) electrons. The number of benzene rings is 1. The molecule has 3 nitrogen and oxygen atoms in total. The summed E-state index contributed by atoms with van der Waals surface area (Å²) in [5, 5.41) is 3.70. The van der Waals surface area contributed by atoms with Crippen LogP contribution in [0.1, 0.15) is 24.9 Å². The Hall–Kier alpha value is -0.770. The van der Waals surface area contributed by atoms with Gasteiger partial charge in [-0.25, -0.2) is 0 Å². The number of nitrogens with two attached hydrogens (primary N) is 1. The molecule has 1 rings (SSSR count). The molecule has 0 amide bonds. The van der Waals surface area contributed by atoms with Gasteiger partial charge >= 0.3 is 0 Å². The van der Waals surface area contributed by atoms with E-state index in [0.717, 1.165) is 18.5 Å². The molecule has 0 saturated carbocycles. The van der Waals surface area contributed by atoms with Crippen molar-refractivity contribution >= 4 is 11.6 Å². The number of hydrogen-bond donors (Lipinski definition) is 2. The van der Waals surface area contributed by atoms with Crippen LogP contribution in [-0.4, -0.2) is 20.2 Å². The van der Waals surface area contributed by atoms with E-state index in [0.29, 0.717) is 17.4 Å². The molecule has 1 unspecified atom stereocenters. The summed E-state index contributed by atoms with van der Waals surface area (Å²) < 4.78 is 5.37. The standard InChI is InChI=1S/C12H19ClN2O/c1-3-16-12-5-4-9(8-10(12)13)11(14)6-7-15-2/h4-5,8,11,15H,3,6-7,14H2,1-2H3. The largest absolute Gasteiger partial charge is 0.492 e. The molecule has 0 fully saturated rings. The highest BCUT2D eigenvalue weighted by Crippen LogP contribution is 2.28. The zero-order chi connectivity index (χ0) is 12.0. The third kappa shape index (κ3) is 3.67. The van der Waals surface area contributed by atoms with Gasteiger partial charge in [-0.1, -0.05) is 17.7 Å². The van der Waals surface area contributed by atoms with Crippen molar-refractivity contribution in [1.29, 1.82) is 0 Å². The number of halogens is 1. The van der Waals surface area contributed by atoms with Crippen LogP contribution in [0.4, 0.5) is 0 Å². The zero-order valence-corrected chi connectivity index (χ0v) is 10.6. The molecule has 90 valence electrons. The van der Waals surface area contributed by atoms with E-state index in [2.05, 4.69) is 5.32 Å². The third-order valence-corrected chi connectivity index (χ3v) is 2.68. The van der Waals surface area contributed by atoms with E-state index in [1.54, 1.807) is 0 Å². The van der Waals surface area contributed by atoms with E-state index in [9.17, 15) is 0 Å². The molecule has 0 spiro atoms. The predicted molar refractivity (Wildman–Crippen MR) is 68.1 cm³/mol. The summed E-state index contributed by atoms with van der Waals surface area (Å²) in [6, 6.07) is 5.74. The summed E-state index contributed by atoms with van der Waals surface area (Å²) in [5.74, 6) is 0.716. The first kappa shape index (κ1) is 13.3. The van der Waals surface area contributed by atoms with Crippen LogP contribution >= 0.6 is 11.6 Å². The van der Waals surface area contributed by atoms with Crippen LogP contribution in [0.3, 0.4) is 0 Å². The summed E-state index contributed by atoms with van der Waals surface area (Å²) in [6.07, 6.45) is 0.890. The SMILES string of the molecule is CCOc1ccc(C(N)CCNC)cc1Cl. The van der Waals surface area contributed by atoms with Gasteiger partial charge in [-0.3, -0.25) is 0 Å². The van der Waals surface area contributed by atoms with Crippen molar-refractivity contribution in [2.45, 2.75) is 19.4 Å². The Morgan fingerprint density at radius 1 is 1.50 bits per heavy atom. The molecule has 0 aliphatic carbocycles. The number of ether oxygens (including phenoxy) is 1. The van der Waals surface area contributed by atoms with Gasteiger partial charge in [0.25, 0.3) is 0 Å². The van der Waals surface area contributed by atoms with Crippen LogP contribution in [0, 0.1) is 0 Å². The van der Waals surface area contributed by atoms with Crippen LogP contribution in [-0.2, 0) is 0 Å². The second kappa shape index (κ2) is 6.74. The topological polar surface area (TPSA) is 47.3 Å². The van der Waals surface area contributed by atoms with Crippen LogP contribution in [0.5, 0.6) is 5.75 Å². The minimum absolute atomic E-state index is 0.0145. The maximum atomic E-state index is 6.09. The molecular weight excluding hydrogens is 224 g/mol. The molecule has 16 heavy (non-hydrogen) atoms. The maximum Gasteiger partial charge on any atom is 0.137 e. The average molecular weight is 243 g/mol. The Labute approximate surface area is 102 Å². The van der Waals surface area contributed by atoms with Gasteiger partial charge in [-0.15, -0.1) is 0 Å². The maximum absolute atomic E-state index is 6.09. The molecular formula is C12H19ClN2O. The lowest BCUT2D eigenvalue weighted by Gasteiger charge is -2.13. The van der Waals surface area contributed by atoms with E-state index >= 15 is 0 Å². The monoisotopic (exact) mass is 242 g/mol. The van der Waals surface area contributed by atoms with Crippen molar-refractivity contribution < 1.29 is 4.74 Å². The third-order valence-electron chi connectivity index (χ3n) is 2.39. The molecule has 0 saturated heterocycles. The molecule has 1 aromatic carbocycles. The van der Waals surface area contributed by atoms with E-state index in [1.165, 1.54) is 0 Å². The first-order valence-electron chi connectivity index (χ1n) is 5.51. The summed E-state index contributed by atoms with van der Waals surface area (Å²) in [4.78, 5) is 0. The van der Waals surface area contributed by atoms with Crippen molar-refractivity contribution in [3.8, 4) is 5.75 Å². The van der Waals surface area contributed by atoms with Crippen molar-refractivity contribution in [3.05, 3.63) is 28.8 Å². The van der Waals surface area contributed by atoms with E-state index < -0.39 is 0 Å². The van der Waals surface area contributed by atoms with Crippen molar-refractivity contribution in [2.24, 2.45) is 5.73 Å². The molecule has 0 aliphatic heterocycles. The van der Waals surface area contributed by atoms with Crippen LogP contribution in [0.25, 0.3) is 0 Å². The van der Waals surface area contributed by atoms with E-state index in [4.69, 9.17) is 22.1 Å². The van der Waals surface area contributed by atoms with Crippen molar-refractivity contribution in [3.63, 3.8) is 0 Å². The minimum atomic E-state index is 0.0145. The predicted octanol–water partition coefficient (Wildman–Crippen LogP) is 2.35. The van der Waals surface area contributed by atoms with Crippen LogP contribution in [0.15, 0.2) is 18.2 Å². The summed E-state index contributed by atoms with van der Waals surface area (Å²) in [7, 11) is 1.91. The van der Waals surface area contributed by atoms with E-state index in [-0.39, 0.29) is 6.04 Å². The summed E-state index contributed by atoms with van der Waals surface area (Å²) in [6.45, 7) is 3.44. The minimum Gasteiger partial charge on any atom is -0.492 e. The molecule has 4 heteroatoms. The van der Waals surface area contributed by atoms with E-state index in [1.807, 2.05) is 32.2 Å². The average Bonchev–Trinajstić information content (AvgIpc) is 2.29. The Morgan fingerprint density at radius 3 is 2.81 bits per heavy atom. The number of hydrogen-bond acceptors (Lipinski definition) is 3. The fourth-order valence-corrected chi connectivity index (χ4v) is 1.73. The first-order valence-corrected chi connectivity index (χ1v) is 5.89. The Kier molecular flexibility index (Phi) is 5.60. The molecule has 0 heterocycles. The van der Waals surface area contributed by atoms with Crippen LogP contribution in [0.2, 0.25) is 5.02 Å². The van der Waals surface area contributed by atoms with Gasteiger partial charge in [0.1, 0.15) is 5.75 Å². The smallest absolute Gasteiger partial charge is 0.137 e. The summed E-state index contributed by atoms with van der Waals surface area (Å²) >= 11 is 6.09. The van der Waals surface area contributed by atoms with Gasteiger partial charge in [-0.2, -0.15) is 0 Å². The first-order chi connectivity index (χ1) is 7.69. The lowest BCUT2D eigenvalue weighted by Crippen LogP contribution is -2.17. The quantitative estimate of drug-likeness (QED) is 0.805. The molecule has 0 aliphatic rings. The highest BCUT2D eigenvalue weighted by atomic mass is 35.5.